The smallest absolute Gasteiger partial charge is 0.161 e. The number of benzene rings is 3. The van der Waals surface area contributed by atoms with E-state index in [-0.39, 0.29) is 6.04 Å². The number of piperazine rings is 1. The third kappa shape index (κ3) is 5.45. The summed E-state index contributed by atoms with van der Waals surface area (Å²) in [5, 5.41) is 4.29. The Morgan fingerprint density at radius 2 is 1.42 bits per heavy atom. The second-order valence-electron chi connectivity index (χ2n) is 9.10. The zero-order chi connectivity index (χ0) is 24.7. The van der Waals surface area contributed by atoms with Crippen molar-refractivity contribution in [3.8, 4) is 22.8 Å². The summed E-state index contributed by atoms with van der Waals surface area (Å²) < 4.78 is 16.4. The molecular formula is C30H33N3O3. The number of nitrogens with zero attached hydrogens (tertiary/aromatic N) is 3. The van der Waals surface area contributed by atoms with Crippen LogP contribution in [0.25, 0.3) is 11.3 Å². The van der Waals surface area contributed by atoms with E-state index in [9.17, 15) is 0 Å². The summed E-state index contributed by atoms with van der Waals surface area (Å²) in [7, 11) is 3.27. The van der Waals surface area contributed by atoms with E-state index in [1.165, 1.54) is 11.1 Å². The molecular weight excluding hydrogens is 450 g/mol. The van der Waals surface area contributed by atoms with Crippen molar-refractivity contribution < 1.29 is 14.0 Å². The van der Waals surface area contributed by atoms with Crippen LogP contribution in [-0.2, 0) is 6.42 Å². The van der Waals surface area contributed by atoms with Crippen LogP contribution in [0.3, 0.4) is 0 Å². The van der Waals surface area contributed by atoms with E-state index >= 15 is 0 Å². The standard InChI is InChI=1S/C30H33N3O3/c1-34-28-14-13-25(21-29(28)35-2)27-22-26(36-31-27)15-16-32-17-19-33(20-18-32)30(23-9-5-3-6-10-23)24-11-7-4-8-12-24/h3-14,21-22,30H,15-20H2,1-2H3. The minimum absolute atomic E-state index is 0.285. The Morgan fingerprint density at radius 1 is 0.778 bits per heavy atom. The van der Waals surface area contributed by atoms with Crippen LogP contribution in [0, 0.1) is 0 Å². The Morgan fingerprint density at radius 3 is 2.03 bits per heavy atom. The van der Waals surface area contributed by atoms with Crippen LogP contribution >= 0.6 is 0 Å². The molecule has 1 fully saturated rings. The highest BCUT2D eigenvalue weighted by atomic mass is 16.5. The molecule has 1 aliphatic rings. The minimum atomic E-state index is 0.285. The molecule has 36 heavy (non-hydrogen) atoms. The molecule has 0 unspecified atom stereocenters. The monoisotopic (exact) mass is 483 g/mol. The highest BCUT2D eigenvalue weighted by Gasteiger charge is 2.26. The summed E-state index contributed by atoms with van der Waals surface area (Å²) >= 11 is 0. The quantitative estimate of drug-likeness (QED) is 0.322. The molecule has 0 atom stereocenters. The zero-order valence-corrected chi connectivity index (χ0v) is 21.0. The number of rotatable bonds is 9. The van der Waals surface area contributed by atoms with Crippen molar-refractivity contribution in [2.24, 2.45) is 0 Å². The molecule has 0 N–H and O–H groups in total. The third-order valence-corrected chi connectivity index (χ3v) is 6.92. The molecule has 0 saturated carbocycles. The van der Waals surface area contributed by atoms with Gasteiger partial charge in [-0.2, -0.15) is 0 Å². The van der Waals surface area contributed by atoms with Crippen LogP contribution in [0.2, 0.25) is 0 Å². The van der Waals surface area contributed by atoms with Crippen molar-refractivity contribution in [3.63, 3.8) is 0 Å². The molecule has 6 nitrogen and oxygen atoms in total. The summed E-state index contributed by atoms with van der Waals surface area (Å²) in [6.45, 7) is 5.08. The van der Waals surface area contributed by atoms with Crippen LogP contribution in [0.4, 0.5) is 0 Å². The molecule has 186 valence electrons. The van der Waals surface area contributed by atoms with Crippen LogP contribution in [-0.4, -0.2) is 61.9 Å². The fourth-order valence-corrected chi connectivity index (χ4v) is 4.96. The van der Waals surface area contributed by atoms with Gasteiger partial charge in [0.15, 0.2) is 11.5 Å². The highest BCUT2D eigenvalue weighted by Crippen LogP contribution is 2.32. The van der Waals surface area contributed by atoms with Crippen molar-refractivity contribution in [2.75, 3.05) is 46.9 Å². The maximum Gasteiger partial charge on any atom is 0.161 e. The van der Waals surface area contributed by atoms with Gasteiger partial charge in [0.1, 0.15) is 11.5 Å². The van der Waals surface area contributed by atoms with Crippen molar-refractivity contribution in [2.45, 2.75) is 12.5 Å². The fourth-order valence-electron chi connectivity index (χ4n) is 4.96. The Bertz CT molecular complexity index is 1200. The van der Waals surface area contributed by atoms with E-state index in [0.29, 0.717) is 11.5 Å². The molecule has 0 aliphatic carbocycles. The van der Waals surface area contributed by atoms with E-state index < -0.39 is 0 Å². The van der Waals surface area contributed by atoms with E-state index in [4.69, 9.17) is 14.0 Å². The van der Waals surface area contributed by atoms with Gasteiger partial charge in [-0.1, -0.05) is 65.8 Å². The molecule has 0 spiro atoms. The average molecular weight is 484 g/mol. The lowest BCUT2D eigenvalue weighted by Crippen LogP contribution is -2.48. The van der Waals surface area contributed by atoms with E-state index in [2.05, 4.69) is 75.6 Å². The summed E-state index contributed by atoms with van der Waals surface area (Å²) in [6.07, 6.45) is 0.834. The first-order valence-corrected chi connectivity index (χ1v) is 12.5. The van der Waals surface area contributed by atoms with Gasteiger partial charge in [0.05, 0.1) is 20.3 Å². The fraction of sp³-hybridized carbons (Fsp3) is 0.300. The van der Waals surface area contributed by atoms with Gasteiger partial charge in [0, 0.05) is 50.8 Å². The number of hydrogen-bond donors (Lipinski definition) is 0. The molecule has 0 bridgehead atoms. The maximum atomic E-state index is 5.66. The molecule has 1 aliphatic heterocycles. The van der Waals surface area contributed by atoms with Gasteiger partial charge in [-0.05, 0) is 29.3 Å². The lowest BCUT2D eigenvalue weighted by molar-refractivity contribution is 0.109. The average Bonchev–Trinajstić information content (AvgIpc) is 3.43. The van der Waals surface area contributed by atoms with Crippen molar-refractivity contribution in [1.82, 2.24) is 15.0 Å². The third-order valence-electron chi connectivity index (χ3n) is 6.92. The molecule has 6 heteroatoms. The Labute approximate surface area is 213 Å². The molecule has 1 aromatic heterocycles. The molecule has 2 heterocycles. The summed E-state index contributed by atoms with van der Waals surface area (Å²) in [5.41, 5.74) is 4.46. The molecule has 0 radical (unpaired) electrons. The van der Waals surface area contributed by atoms with Gasteiger partial charge >= 0.3 is 0 Å². The Hall–Kier alpha value is -3.61. The molecule has 1 saturated heterocycles. The van der Waals surface area contributed by atoms with E-state index in [0.717, 1.165) is 56.2 Å². The zero-order valence-electron chi connectivity index (χ0n) is 21.0. The van der Waals surface area contributed by atoms with Gasteiger partial charge in [0.2, 0.25) is 0 Å². The second kappa shape index (κ2) is 11.4. The van der Waals surface area contributed by atoms with Gasteiger partial charge < -0.3 is 18.9 Å². The van der Waals surface area contributed by atoms with Crippen molar-refractivity contribution in [1.29, 1.82) is 0 Å². The summed E-state index contributed by atoms with van der Waals surface area (Å²) in [4.78, 5) is 5.12. The highest BCUT2D eigenvalue weighted by molar-refractivity contribution is 5.63. The predicted molar refractivity (Wildman–Crippen MR) is 141 cm³/mol. The van der Waals surface area contributed by atoms with E-state index in [1.54, 1.807) is 14.2 Å². The number of methoxy groups -OCH3 is 2. The van der Waals surface area contributed by atoms with Crippen molar-refractivity contribution in [3.05, 3.63) is 102 Å². The topological polar surface area (TPSA) is 51.0 Å². The summed E-state index contributed by atoms with van der Waals surface area (Å²) in [5.74, 6) is 2.28. The van der Waals surface area contributed by atoms with Crippen LogP contribution in [0.1, 0.15) is 22.9 Å². The first kappa shape index (κ1) is 24.1. The predicted octanol–water partition coefficient (Wildman–Crippen LogP) is 5.31. The lowest BCUT2D eigenvalue weighted by Gasteiger charge is -2.39. The van der Waals surface area contributed by atoms with Gasteiger partial charge in [-0.3, -0.25) is 4.90 Å². The van der Waals surface area contributed by atoms with Crippen LogP contribution in [0.15, 0.2) is 89.5 Å². The van der Waals surface area contributed by atoms with Crippen LogP contribution < -0.4 is 9.47 Å². The Kier molecular flexibility index (Phi) is 7.64. The molecule has 5 rings (SSSR count). The lowest BCUT2D eigenvalue weighted by atomic mass is 9.96. The SMILES string of the molecule is COc1ccc(-c2cc(CCN3CCN(C(c4ccccc4)c4ccccc4)CC3)on2)cc1OC. The van der Waals surface area contributed by atoms with Gasteiger partial charge in [-0.15, -0.1) is 0 Å². The molecule has 4 aromatic rings. The first-order valence-electron chi connectivity index (χ1n) is 12.5. The first-order chi connectivity index (χ1) is 17.7. The number of aromatic nitrogens is 1. The Balaban J connectivity index is 1.19. The van der Waals surface area contributed by atoms with E-state index in [1.807, 2.05) is 24.3 Å². The van der Waals surface area contributed by atoms with Gasteiger partial charge in [0.25, 0.3) is 0 Å². The minimum Gasteiger partial charge on any atom is -0.493 e. The largest absolute Gasteiger partial charge is 0.493 e. The van der Waals surface area contributed by atoms with Gasteiger partial charge in [-0.25, -0.2) is 0 Å². The second-order valence-corrected chi connectivity index (χ2v) is 9.10. The maximum absolute atomic E-state index is 5.66. The molecule has 3 aromatic carbocycles. The van der Waals surface area contributed by atoms with Crippen LogP contribution in [0.5, 0.6) is 11.5 Å². The molecule has 0 amide bonds. The number of ether oxygens (including phenoxy) is 2. The number of hydrogen-bond acceptors (Lipinski definition) is 6. The normalized spacial score (nSPS) is 14.8. The summed E-state index contributed by atoms with van der Waals surface area (Å²) in [6, 6.07) is 29.8. The van der Waals surface area contributed by atoms with Crippen molar-refractivity contribution >= 4 is 0 Å².